The molecule has 0 heterocycles. The summed E-state index contributed by atoms with van der Waals surface area (Å²) in [5, 5.41) is 16.8. The number of nitro groups is 1. The zero-order valence-electron chi connectivity index (χ0n) is 16.4. The highest BCUT2D eigenvalue weighted by Crippen LogP contribution is 2.46. The molecule has 0 aliphatic rings. The molecule has 2 aromatic carbocycles. The number of methoxy groups -OCH3 is 3. The fourth-order valence-electron chi connectivity index (χ4n) is 2.69. The lowest BCUT2D eigenvalue weighted by Crippen LogP contribution is -2.23. The molecule has 2 rings (SSSR count). The van der Waals surface area contributed by atoms with Gasteiger partial charge in [0.2, 0.25) is 11.5 Å². The van der Waals surface area contributed by atoms with Crippen LogP contribution in [0.1, 0.15) is 27.6 Å². The van der Waals surface area contributed by atoms with Crippen LogP contribution in [0, 0.1) is 10.1 Å². The van der Waals surface area contributed by atoms with E-state index in [4.69, 9.17) is 14.2 Å². The van der Waals surface area contributed by atoms with Crippen molar-refractivity contribution in [1.82, 2.24) is 5.32 Å². The maximum atomic E-state index is 12.8. The van der Waals surface area contributed by atoms with Gasteiger partial charge in [0.25, 0.3) is 11.8 Å². The van der Waals surface area contributed by atoms with Crippen molar-refractivity contribution in [2.75, 3.05) is 33.2 Å². The third-order valence-corrected chi connectivity index (χ3v) is 3.95. The fourth-order valence-corrected chi connectivity index (χ4v) is 2.69. The van der Waals surface area contributed by atoms with E-state index >= 15 is 0 Å². The van der Waals surface area contributed by atoms with Crippen molar-refractivity contribution in [2.45, 2.75) is 6.92 Å². The number of nitrogens with one attached hydrogen (secondary N) is 2. The van der Waals surface area contributed by atoms with Crippen LogP contribution in [-0.4, -0.2) is 44.6 Å². The predicted octanol–water partition coefficient (Wildman–Crippen LogP) is 2.62. The highest BCUT2D eigenvalue weighted by atomic mass is 16.6. The molecule has 10 nitrogen and oxygen atoms in total. The number of ether oxygens (including phenoxy) is 3. The number of carbonyl (C=O) groups excluding carboxylic acids is 2. The SMILES string of the molecule is CCNC(=O)c1cccc(NC(=O)c2cc(OC)c(OC)c(OC)c2[N+](=O)[O-])c1. The van der Waals surface area contributed by atoms with Gasteiger partial charge in [-0.15, -0.1) is 0 Å². The summed E-state index contributed by atoms with van der Waals surface area (Å²) in [6, 6.07) is 7.39. The van der Waals surface area contributed by atoms with E-state index in [0.717, 1.165) is 0 Å². The lowest BCUT2D eigenvalue weighted by Gasteiger charge is -2.15. The Morgan fingerprint density at radius 3 is 2.28 bits per heavy atom. The van der Waals surface area contributed by atoms with Crippen LogP contribution in [0.5, 0.6) is 17.2 Å². The first-order valence-corrected chi connectivity index (χ1v) is 8.54. The average Bonchev–Trinajstić information content (AvgIpc) is 2.72. The molecule has 0 saturated heterocycles. The second kappa shape index (κ2) is 9.40. The molecule has 2 N–H and O–H groups in total. The minimum Gasteiger partial charge on any atom is -0.493 e. The van der Waals surface area contributed by atoms with Gasteiger partial charge in [-0.3, -0.25) is 19.7 Å². The standard InChI is InChI=1S/C19H21N3O7/c1-5-20-18(23)11-7-6-8-12(9-11)21-19(24)13-10-14(27-2)16(28-3)17(29-4)15(13)22(25)26/h6-10H,5H2,1-4H3,(H,20,23)(H,21,24). The summed E-state index contributed by atoms with van der Waals surface area (Å²) in [4.78, 5) is 35.7. The van der Waals surface area contributed by atoms with Gasteiger partial charge in [0.05, 0.1) is 26.3 Å². The first-order chi connectivity index (χ1) is 13.9. The summed E-state index contributed by atoms with van der Waals surface area (Å²) in [6.45, 7) is 2.24. The largest absolute Gasteiger partial charge is 0.493 e. The third-order valence-electron chi connectivity index (χ3n) is 3.95. The van der Waals surface area contributed by atoms with E-state index in [-0.39, 0.29) is 28.7 Å². The highest BCUT2D eigenvalue weighted by Gasteiger charge is 2.32. The summed E-state index contributed by atoms with van der Waals surface area (Å²) in [6.07, 6.45) is 0. The van der Waals surface area contributed by atoms with Gasteiger partial charge in [0, 0.05) is 23.9 Å². The monoisotopic (exact) mass is 403 g/mol. The fraction of sp³-hybridized carbons (Fsp3) is 0.263. The minimum absolute atomic E-state index is 0.00326. The van der Waals surface area contributed by atoms with Crippen LogP contribution in [-0.2, 0) is 0 Å². The number of rotatable bonds is 8. The van der Waals surface area contributed by atoms with Crippen LogP contribution in [0.15, 0.2) is 30.3 Å². The Labute approximate surface area is 166 Å². The van der Waals surface area contributed by atoms with Gasteiger partial charge >= 0.3 is 5.69 Å². The van der Waals surface area contributed by atoms with Gasteiger partial charge in [0.15, 0.2) is 5.75 Å². The molecule has 10 heteroatoms. The Kier molecular flexibility index (Phi) is 6.96. The first kappa shape index (κ1) is 21.5. The first-order valence-electron chi connectivity index (χ1n) is 8.54. The topological polar surface area (TPSA) is 129 Å². The molecule has 0 fully saturated rings. The minimum atomic E-state index is -0.774. The number of anilines is 1. The van der Waals surface area contributed by atoms with Crippen LogP contribution in [0.4, 0.5) is 11.4 Å². The van der Waals surface area contributed by atoms with E-state index < -0.39 is 16.5 Å². The van der Waals surface area contributed by atoms with Crippen molar-refractivity contribution in [3.05, 3.63) is 51.6 Å². The van der Waals surface area contributed by atoms with E-state index in [1.165, 1.54) is 33.5 Å². The van der Waals surface area contributed by atoms with E-state index in [2.05, 4.69) is 10.6 Å². The maximum absolute atomic E-state index is 12.8. The number of hydrogen-bond acceptors (Lipinski definition) is 7. The van der Waals surface area contributed by atoms with E-state index in [0.29, 0.717) is 17.8 Å². The van der Waals surface area contributed by atoms with Gasteiger partial charge in [-0.1, -0.05) is 6.07 Å². The zero-order valence-corrected chi connectivity index (χ0v) is 16.4. The summed E-state index contributed by atoms with van der Waals surface area (Å²) in [7, 11) is 3.86. The van der Waals surface area contributed by atoms with Crippen LogP contribution in [0.2, 0.25) is 0 Å². The van der Waals surface area contributed by atoms with Crippen molar-refractivity contribution in [3.8, 4) is 17.2 Å². The summed E-state index contributed by atoms with van der Waals surface area (Å²) < 4.78 is 15.4. The van der Waals surface area contributed by atoms with E-state index in [9.17, 15) is 19.7 Å². The maximum Gasteiger partial charge on any atom is 0.327 e. The lowest BCUT2D eigenvalue weighted by molar-refractivity contribution is -0.386. The highest BCUT2D eigenvalue weighted by molar-refractivity contribution is 6.09. The second-order valence-electron chi connectivity index (χ2n) is 5.69. The number of nitro benzene ring substituents is 1. The molecule has 2 aromatic rings. The molecule has 154 valence electrons. The van der Waals surface area contributed by atoms with Gasteiger partial charge < -0.3 is 24.8 Å². The lowest BCUT2D eigenvalue weighted by atomic mass is 10.1. The van der Waals surface area contributed by atoms with Gasteiger partial charge in [-0.05, 0) is 25.1 Å². The van der Waals surface area contributed by atoms with Crippen molar-refractivity contribution >= 4 is 23.2 Å². The van der Waals surface area contributed by atoms with Crippen LogP contribution in [0.25, 0.3) is 0 Å². The molecule has 0 atom stereocenters. The average molecular weight is 403 g/mol. The number of hydrogen-bond donors (Lipinski definition) is 2. The Balaban J connectivity index is 2.49. The molecule has 0 saturated carbocycles. The molecular weight excluding hydrogens is 382 g/mol. The van der Waals surface area contributed by atoms with E-state index in [1.807, 2.05) is 0 Å². The number of carbonyl (C=O) groups is 2. The Hall–Kier alpha value is -3.82. The summed E-state index contributed by atoms with van der Waals surface area (Å²) >= 11 is 0. The van der Waals surface area contributed by atoms with Crippen LogP contribution in [0.3, 0.4) is 0 Å². The van der Waals surface area contributed by atoms with Gasteiger partial charge in [-0.25, -0.2) is 0 Å². The summed E-state index contributed by atoms with van der Waals surface area (Å²) in [5.74, 6) is -1.22. The molecule has 29 heavy (non-hydrogen) atoms. The zero-order chi connectivity index (χ0) is 21.6. The number of benzene rings is 2. The third kappa shape index (κ3) is 4.54. The molecule has 0 unspecified atom stereocenters. The second-order valence-corrected chi connectivity index (χ2v) is 5.69. The van der Waals surface area contributed by atoms with Crippen molar-refractivity contribution in [3.63, 3.8) is 0 Å². The van der Waals surface area contributed by atoms with Gasteiger partial charge in [-0.2, -0.15) is 0 Å². The molecule has 2 amide bonds. The van der Waals surface area contributed by atoms with Crippen LogP contribution < -0.4 is 24.8 Å². The number of nitrogens with zero attached hydrogens (tertiary/aromatic N) is 1. The quantitative estimate of drug-likeness (QED) is 0.512. The predicted molar refractivity (Wildman–Crippen MR) is 105 cm³/mol. The molecule has 0 bridgehead atoms. The molecular formula is C19H21N3O7. The van der Waals surface area contributed by atoms with Crippen molar-refractivity contribution in [2.24, 2.45) is 0 Å². The molecule has 0 aliphatic heterocycles. The van der Waals surface area contributed by atoms with Crippen molar-refractivity contribution < 1.29 is 28.7 Å². The molecule has 0 aromatic heterocycles. The van der Waals surface area contributed by atoms with Crippen LogP contribution >= 0.6 is 0 Å². The van der Waals surface area contributed by atoms with E-state index in [1.54, 1.807) is 25.1 Å². The normalized spacial score (nSPS) is 10.1. The van der Waals surface area contributed by atoms with Gasteiger partial charge in [0.1, 0.15) is 5.56 Å². The molecule has 0 radical (unpaired) electrons. The molecule has 0 aliphatic carbocycles. The smallest absolute Gasteiger partial charge is 0.327 e. The Bertz CT molecular complexity index is 944. The number of amides is 2. The summed E-state index contributed by atoms with van der Waals surface area (Å²) in [5.41, 5.74) is -0.221. The molecule has 0 spiro atoms. The Morgan fingerprint density at radius 2 is 1.72 bits per heavy atom. The Morgan fingerprint density at radius 1 is 1.03 bits per heavy atom. The van der Waals surface area contributed by atoms with Crippen molar-refractivity contribution in [1.29, 1.82) is 0 Å².